The first kappa shape index (κ1) is 15.5. The summed E-state index contributed by atoms with van der Waals surface area (Å²) in [5, 5.41) is 3.13. The van der Waals surface area contributed by atoms with E-state index in [0.717, 1.165) is 36.1 Å². The zero-order valence-corrected chi connectivity index (χ0v) is 13.4. The molecule has 0 aliphatic carbocycles. The number of benzene rings is 1. The lowest BCUT2D eigenvalue weighted by atomic mass is 10.1. The van der Waals surface area contributed by atoms with Gasteiger partial charge in [0.15, 0.2) is 0 Å². The summed E-state index contributed by atoms with van der Waals surface area (Å²) in [7, 11) is 0. The topological polar surface area (TPSA) is 46.9 Å². The standard InChI is InChI=1S/C17H25N3O/c1-5-13(6-2)18-17(21)12(4)20-15-11-9-8-10-14(15)19-16(20)7-3/h8-13H,5-7H2,1-4H3,(H,18,21). The van der Waals surface area contributed by atoms with Gasteiger partial charge in [0.25, 0.3) is 0 Å². The Bertz CT molecular complexity index is 614. The molecule has 4 heteroatoms. The SMILES string of the molecule is CCc1nc2ccccc2n1C(C)C(=O)NC(CC)CC. The molecule has 21 heavy (non-hydrogen) atoms. The number of nitrogens with zero attached hydrogens (tertiary/aromatic N) is 2. The van der Waals surface area contributed by atoms with Gasteiger partial charge in [-0.05, 0) is 31.9 Å². The molecule has 1 atom stereocenters. The Labute approximate surface area is 126 Å². The Morgan fingerprint density at radius 3 is 2.52 bits per heavy atom. The van der Waals surface area contributed by atoms with Gasteiger partial charge in [-0.3, -0.25) is 4.79 Å². The van der Waals surface area contributed by atoms with Gasteiger partial charge in [0, 0.05) is 12.5 Å². The van der Waals surface area contributed by atoms with Crippen molar-refractivity contribution in [2.24, 2.45) is 0 Å². The van der Waals surface area contributed by atoms with E-state index in [1.807, 2.05) is 31.2 Å². The summed E-state index contributed by atoms with van der Waals surface area (Å²) in [4.78, 5) is 17.2. The van der Waals surface area contributed by atoms with Gasteiger partial charge in [-0.1, -0.05) is 32.9 Å². The fraction of sp³-hybridized carbons (Fsp3) is 0.529. The quantitative estimate of drug-likeness (QED) is 0.884. The molecular formula is C17H25N3O. The van der Waals surface area contributed by atoms with Gasteiger partial charge >= 0.3 is 0 Å². The number of imidazole rings is 1. The predicted molar refractivity (Wildman–Crippen MR) is 86.3 cm³/mol. The predicted octanol–water partition coefficient (Wildman–Crippen LogP) is 3.46. The number of fused-ring (bicyclic) bond motifs is 1. The maximum atomic E-state index is 12.5. The Morgan fingerprint density at radius 2 is 1.90 bits per heavy atom. The molecule has 0 fully saturated rings. The van der Waals surface area contributed by atoms with Gasteiger partial charge < -0.3 is 9.88 Å². The lowest BCUT2D eigenvalue weighted by molar-refractivity contribution is -0.124. The number of nitrogens with one attached hydrogen (secondary N) is 1. The first-order valence-corrected chi connectivity index (χ1v) is 7.88. The smallest absolute Gasteiger partial charge is 0.243 e. The van der Waals surface area contributed by atoms with E-state index < -0.39 is 0 Å². The molecule has 4 nitrogen and oxygen atoms in total. The van der Waals surface area contributed by atoms with E-state index in [4.69, 9.17) is 0 Å². The second-order valence-corrected chi connectivity index (χ2v) is 5.44. The zero-order valence-electron chi connectivity index (χ0n) is 13.4. The highest BCUT2D eigenvalue weighted by Crippen LogP contribution is 2.22. The number of aromatic nitrogens is 2. The van der Waals surface area contributed by atoms with Crippen LogP contribution < -0.4 is 5.32 Å². The number of amides is 1. The van der Waals surface area contributed by atoms with Crippen LogP contribution in [-0.4, -0.2) is 21.5 Å². The van der Waals surface area contributed by atoms with Gasteiger partial charge in [-0.15, -0.1) is 0 Å². The lowest BCUT2D eigenvalue weighted by Gasteiger charge is -2.21. The summed E-state index contributed by atoms with van der Waals surface area (Å²) in [5.41, 5.74) is 1.98. The molecule has 0 aliphatic heterocycles. The van der Waals surface area contributed by atoms with Crippen LogP contribution in [0.4, 0.5) is 0 Å². The lowest BCUT2D eigenvalue weighted by Crippen LogP contribution is -2.38. The summed E-state index contributed by atoms with van der Waals surface area (Å²) in [6.45, 7) is 8.22. The zero-order chi connectivity index (χ0) is 15.4. The van der Waals surface area contributed by atoms with Crippen LogP contribution in [0.3, 0.4) is 0 Å². The Morgan fingerprint density at radius 1 is 1.24 bits per heavy atom. The van der Waals surface area contributed by atoms with Gasteiger partial charge in [-0.25, -0.2) is 4.98 Å². The summed E-state index contributed by atoms with van der Waals surface area (Å²) < 4.78 is 2.06. The van der Waals surface area contributed by atoms with Crippen molar-refractivity contribution in [3.63, 3.8) is 0 Å². The third-order valence-electron chi connectivity index (χ3n) is 4.08. The molecule has 114 valence electrons. The minimum Gasteiger partial charge on any atom is -0.352 e. The fourth-order valence-electron chi connectivity index (χ4n) is 2.71. The van der Waals surface area contributed by atoms with Crippen molar-refractivity contribution in [3.05, 3.63) is 30.1 Å². The van der Waals surface area contributed by atoms with Crippen molar-refractivity contribution in [3.8, 4) is 0 Å². The van der Waals surface area contributed by atoms with Crippen molar-refractivity contribution in [2.45, 2.75) is 59.0 Å². The van der Waals surface area contributed by atoms with Gasteiger partial charge in [0.05, 0.1) is 11.0 Å². The molecule has 0 bridgehead atoms. The van der Waals surface area contributed by atoms with E-state index in [1.54, 1.807) is 0 Å². The highest BCUT2D eigenvalue weighted by Gasteiger charge is 2.21. The number of aryl methyl sites for hydroxylation is 1. The largest absolute Gasteiger partial charge is 0.352 e. The average Bonchev–Trinajstić information content (AvgIpc) is 2.89. The Balaban J connectivity index is 2.34. The van der Waals surface area contributed by atoms with Crippen molar-refractivity contribution >= 4 is 16.9 Å². The average molecular weight is 287 g/mol. The number of carbonyl (C=O) groups is 1. The molecule has 0 spiro atoms. The summed E-state index contributed by atoms with van der Waals surface area (Å²) in [6.07, 6.45) is 2.73. The van der Waals surface area contributed by atoms with E-state index in [-0.39, 0.29) is 18.0 Å². The normalized spacial score (nSPS) is 12.8. The van der Waals surface area contributed by atoms with Crippen molar-refractivity contribution in [1.29, 1.82) is 0 Å². The third kappa shape index (κ3) is 3.09. The second-order valence-electron chi connectivity index (χ2n) is 5.44. The van der Waals surface area contributed by atoms with Crippen LogP contribution in [-0.2, 0) is 11.2 Å². The van der Waals surface area contributed by atoms with Crippen LogP contribution in [0.15, 0.2) is 24.3 Å². The van der Waals surface area contributed by atoms with Crippen molar-refractivity contribution in [2.75, 3.05) is 0 Å². The summed E-state index contributed by atoms with van der Waals surface area (Å²) in [5.74, 6) is 1.03. The second kappa shape index (κ2) is 6.74. The highest BCUT2D eigenvalue weighted by atomic mass is 16.2. The molecule has 2 rings (SSSR count). The van der Waals surface area contributed by atoms with Crippen LogP contribution >= 0.6 is 0 Å². The monoisotopic (exact) mass is 287 g/mol. The molecule has 1 amide bonds. The summed E-state index contributed by atoms with van der Waals surface area (Å²) in [6, 6.07) is 8.01. The molecule has 1 heterocycles. The molecule has 1 aromatic heterocycles. The van der Waals surface area contributed by atoms with Crippen LogP contribution in [0.1, 0.15) is 52.4 Å². The van der Waals surface area contributed by atoms with E-state index in [0.29, 0.717) is 0 Å². The fourth-order valence-corrected chi connectivity index (χ4v) is 2.71. The Kier molecular flexibility index (Phi) is 4.99. The number of hydrogen-bond acceptors (Lipinski definition) is 2. The molecule has 0 aliphatic rings. The van der Waals surface area contributed by atoms with Crippen LogP contribution in [0, 0.1) is 0 Å². The van der Waals surface area contributed by atoms with Gasteiger partial charge in [0.2, 0.25) is 5.91 Å². The van der Waals surface area contributed by atoms with E-state index in [1.165, 1.54) is 0 Å². The van der Waals surface area contributed by atoms with Crippen molar-refractivity contribution in [1.82, 2.24) is 14.9 Å². The van der Waals surface area contributed by atoms with Crippen LogP contribution in [0.2, 0.25) is 0 Å². The van der Waals surface area contributed by atoms with Gasteiger partial charge in [-0.2, -0.15) is 0 Å². The Hall–Kier alpha value is -1.84. The van der Waals surface area contributed by atoms with E-state index in [2.05, 4.69) is 35.6 Å². The highest BCUT2D eigenvalue weighted by molar-refractivity contribution is 5.84. The maximum absolute atomic E-state index is 12.5. The molecule has 1 unspecified atom stereocenters. The minimum absolute atomic E-state index is 0.0709. The number of carbonyl (C=O) groups excluding carboxylic acids is 1. The summed E-state index contributed by atoms with van der Waals surface area (Å²) >= 11 is 0. The molecule has 1 N–H and O–H groups in total. The molecule has 2 aromatic rings. The van der Waals surface area contributed by atoms with Crippen LogP contribution in [0.5, 0.6) is 0 Å². The molecule has 0 saturated heterocycles. The maximum Gasteiger partial charge on any atom is 0.243 e. The number of hydrogen-bond donors (Lipinski definition) is 1. The van der Waals surface area contributed by atoms with E-state index >= 15 is 0 Å². The molecule has 0 radical (unpaired) electrons. The first-order chi connectivity index (χ1) is 10.1. The minimum atomic E-state index is -0.243. The molecule has 0 saturated carbocycles. The van der Waals surface area contributed by atoms with Gasteiger partial charge in [0.1, 0.15) is 11.9 Å². The first-order valence-electron chi connectivity index (χ1n) is 7.88. The van der Waals surface area contributed by atoms with Crippen LogP contribution in [0.25, 0.3) is 11.0 Å². The third-order valence-corrected chi connectivity index (χ3v) is 4.08. The molecular weight excluding hydrogens is 262 g/mol. The number of rotatable bonds is 6. The van der Waals surface area contributed by atoms with Crippen molar-refractivity contribution < 1.29 is 4.79 Å². The van der Waals surface area contributed by atoms with E-state index in [9.17, 15) is 4.79 Å². The number of para-hydroxylation sites is 2. The molecule has 1 aromatic carbocycles.